The van der Waals surface area contributed by atoms with E-state index < -0.39 is 0 Å². The molecule has 0 amide bonds. The Balaban J connectivity index is 2.28. The maximum Gasteiger partial charge on any atom is 0.246 e. The average molecular weight is 325 g/mol. The molecule has 23 heavy (non-hydrogen) atoms. The summed E-state index contributed by atoms with van der Waals surface area (Å²) in [5, 5.41) is 10.7. The first-order valence-corrected chi connectivity index (χ1v) is 7.88. The van der Waals surface area contributed by atoms with Crippen LogP contribution in [0.5, 0.6) is 0 Å². The first-order chi connectivity index (χ1) is 11.2. The molecule has 0 fully saturated rings. The molecule has 3 heterocycles. The van der Waals surface area contributed by atoms with Crippen LogP contribution in [0, 0.1) is 13.5 Å². The Morgan fingerprint density at radius 1 is 1.30 bits per heavy atom. The summed E-state index contributed by atoms with van der Waals surface area (Å²) in [5.41, 5.74) is 1.76. The zero-order chi connectivity index (χ0) is 16.4. The van der Waals surface area contributed by atoms with Gasteiger partial charge in [0.15, 0.2) is 5.82 Å². The third-order valence-corrected chi connectivity index (χ3v) is 4.66. The minimum atomic E-state index is 0.0332. The summed E-state index contributed by atoms with van der Waals surface area (Å²) in [7, 11) is 1.88. The molecule has 6 nitrogen and oxygen atoms in total. The number of pyridine rings is 1. The molecule has 116 valence electrons. The van der Waals surface area contributed by atoms with E-state index in [0.29, 0.717) is 17.4 Å². The number of aliphatic hydroxyl groups excluding tert-OH is 1. The quantitative estimate of drug-likeness (QED) is 0.747. The van der Waals surface area contributed by atoms with E-state index in [1.807, 2.05) is 31.0 Å². The lowest BCUT2D eigenvalue weighted by atomic mass is 10.2. The highest BCUT2D eigenvalue weighted by Gasteiger charge is 2.19. The summed E-state index contributed by atoms with van der Waals surface area (Å²) in [6.45, 7) is 9.73. The van der Waals surface area contributed by atoms with Crippen molar-refractivity contribution in [1.82, 2.24) is 15.0 Å². The Hall–Kier alpha value is -2.56. The summed E-state index contributed by atoms with van der Waals surface area (Å²) in [6.07, 6.45) is 3.40. The lowest BCUT2D eigenvalue weighted by Gasteiger charge is -2.19. The molecule has 0 aliphatic carbocycles. The number of likely N-dealkylation sites (N-methyl/N-ethyl adjacent to an activating group) is 1. The predicted molar refractivity (Wildman–Crippen MR) is 92.0 cm³/mol. The summed E-state index contributed by atoms with van der Waals surface area (Å²) in [6, 6.07) is 3.71. The number of aliphatic hydroxyl groups is 1. The molecule has 0 atom stereocenters. The van der Waals surface area contributed by atoms with Gasteiger partial charge >= 0.3 is 0 Å². The smallest absolute Gasteiger partial charge is 0.246 e. The van der Waals surface area contributed by atoms with Crippen LogP contribution >= 0.6 is 11.3 Å². The van der Waals surface area contributed by atoms with Gasteiger partial charge in [0, 0.05) is 36.9 Å². The first kappa shape index (κ1) is 15.3. The first-order valence-electron chi connectivity index (χ1n) is 7.06. The Morgan fingerprint density at radius 2 is 2.04 bits per heavy atom. The molecular weight excluding hydrogens is 310 g/mol. The number of rotatable bonds is 4. The molecule has 0 aromatic carbocycles. The van der Waals surface area contributed by atoms with Crippen LogP contribution in [0.2, 0.25) is 0 Å². The predicted octanol–water partition coefficient (Wildman–Crippen LogP) is 3.04. The molecule has 0 spiro atoms. The number of thiophene rings is 1. The lowest BCUT2D eigenvalue weighted by Crippen LogP contribution is -2.22. The van der Waals surface area contributed by atoms with Crippen LogP contribution in [0.25, 0.3) is 26.4 Å². The largest absolute Gasteiger partial charge is 0.395 e. The maximum atomic E-state index is 9.24. The molecule has 0 aliphatic heterocycles. The van der Waals surface area contributed by atoms with Crippen molar-refractivity contribution >= 4 is 32.4 Å². The molecule has 0 radical (unpaired) electrons. The normalized spacial score (nSPS) is 10.7. The molecule has 0 saturated carbocycles. The van der Waals surface area contributed by atoms with Gasteiger partial charge in [-0.2, -0.15) is 0 Å². The monoisotopic (exact) mass is 325 g/mol. The van der Waals surface area contributed by atoms with E-state index in [0.717, 1.165) is 27.2 Å². The van der Waals surface area contributed by atoms with Crippen molar-refractivity contribution in [3.05, 3.63) is 41.5 Å². The van der Waals surface area contributed by atoms with Crippen LogP contribution in [0.3, 0.4) is 0 Å². The second-order valence-electron chi connectivity index (χ2n) is 5.08. The van der Waals surface area contributed by atoms with Crippen LogP contribution in [0.1, 0.15) is 5.56 Å². The third kappa shape index (κ3) is 2.74. The van der Waals surface area contributed by atoms with Gasteiger partial charge in [-0.15, -0.1) is 11.3 Å². The molecule has 1 N–H and O–H groups in total. The SMILES string of the molecule is [C-]#[N+]c1sc2nc(-c3ccncc3)nc(N(C)CCO)c2c1C. The van der Waals surface area contributed by atoms with E-state index in [1.165, 1.54) is 11.3 Å². The van der Waals surface area contributed by atoms with Crippen molar-refractivity contribution in [3.63, 3.8) is 0 Å². The zero-order valence-corrected chi connectivity index (χ0v) is 13.6. The fraction of sp³-hybridized carbons (Fsp3) is 0.250. The third-order valence-electron chi connectivity index (χ3n) is 3.58. The number of aryl methyl sites for hydroxylation is 1. The van der Waals surface area contributed by atoms with Gasteiger partial charge in [-0.25, -0.2) is 14.8 Å². The van der Waals surface area contributed by atoms with Crippen LogP contribution < -0.4 is 4.90 Å². The van der Waals surface area contributed by atoms with Crippen molar-refractivity contribution in [2.24, 2.45) is 0 Å². The van der Waals surface area contributed by atoms with Gasteiger partial charge in [-0.05, 0) is 24.6 Å². The minimum absolute atomic E-state index is 0.0332. The Bertz CT molecular complexity index is 885. The molecule has 0 unspecified atom stereocenters. The minimum Gasteiger partial charge on any atom is -0.395 e. The molecule has 3 aromatic rings. The van der Waals surface area contributed by atoms with E-state index in [1.54, 1.807) is 12.4 Å². The number of fused-ring (bicyclic) bond motifs is 1. The molecule has 3 aromatic heterocycles. The van der Waals surface area contributed by atoms with E-state index in [4.69, 9.17) is 6.57 Å². The van der Waals surface area contributed by atoms with Crippen LogP contribution in [-0.2, 0) is 0 Å². The standard InChI is InChI=1S/C16H15N5OS/c1-10-12-14(21(3)8-9-22)19-13(11-4-6-18-7-5-11)20-16(12)23-15(10)17-2/h4-7,22H,8-9H2,1,3H3. The average Bonchev–Trinajstić information content (AvgIpc) is 2.91. The summed E-state index contributed by atoms with van der Waals surface area (Å²) in [4.78, 5) is 19.6. The molecule has 0 aliphatic rings. The van der Waals surface area contributed by atoms with Crippen LogP contribution in [0.15, 0.2) is 24.5 Å². The van der Waals surface area contributed by atoms with Crippen LogP contribution in [-0.4, -0.2) is 40.3 Å². The van der Waals surface area contributed by atoms with Gasteiger partial charge in [0.05, 0.1) is 13.2 Å². The van der Waals surface area contributed by atoms with Gasteiger partial charge in [-0.1, -0.05) is 0 Å². The Kier molecular flexibility index (Phi) is 4.19. The summed E-state index contributed by atoms with van der Waals surface area (Å²) < 4.78 is 0. The number of anilines is 1. The van der Waals surface area contributed by atoms with E-state index >= 15 is 0 Å². The maximum absolute atomic E-state index is 9.24. The second-order valence-corrected chi connectivity index (χ2v) is 6.05. The van der Waals surface area contributed by atoms with E-state index in [9.17, 15) is 5.11 Å². The van der Waals surface area contributed by atoms with E-state index in [-0.39, 0.29) is 6.61 Å². The number of aromatic nitrogens is 3. The van der Waals surface area contributed by atoms with Gasteiger partial charge in [0.1, 0.15) is 10.6 Å². The Morgan fingerprint density at radius 3 is 2.70 bits per heavy atom. The highest BCUT2D eigenvalue weighted by molar-refractivity contribution is 7.22. The number of hydrogen-bond donors (Lipinski definition) is 1. The second kappa shape index (κ2) is 6.28. The van der Waals surface area contributed by atoms with Crippen LogP contribution in [0.4, 0.5) is 10.8 Å². The highest BCUT2D eigenvalue weighted by atomic mass is 32.1. The number of nitrogens with zero attached hydrogens (tertiary/aromatic N) is 5. The molecule has 3 rings (SSSR count). The van der Waals surface area contributed by atoms with Gasteiger partial charge in [0.2, 0.25) is 5.00 Å². The van der Waals surface area contributed by atoms with Gasteiger partial charge in [0.25, 0.3) is 0 Å². The zero-order valence-electron chi connectivity index (χ0n) is 12.8. The van der Waals surface area contributed by atoms with Crippen molar-refractivity contribution in [2.75, 3.05) is 25.1 Å². The van der Waals surface area contributed by atoms with Crippen molar-refractivity contribution in [2.45, 2.75) is 6.92 Å². The molecular formula is C16H15N5OS. The summed E-state index contributed by atoms with van der Waals surface area (Å²) in [5.74, 6) is 1.33. The van der Waals surface area contributed by atoms with Crippen molar-refractivity contribution in [1.29, 1.82) is 0 Å². The molecule has 0 saturated heterocycles. The van der Waals surface area contributed by atoms with E-state index in [2.05, 4.69) is 19.8 Å². The van der Waals surface area contributed by atoms with Crippen molar-refractivity contribution < 1.29 is 5.11 Å². The Labute approximate surface area is 137 Å². The van der Waals surface area contributed by atoms with Crippen molar-refractivity contribution in [3.8, 4) is 11.4 Å². The fourth-order valence-corrected chi connectivity index (χ4v) is 3.34. The van der Waals surface area contributed by atoms with Gasteiger partial charge in [-0.3, -0.25) is 4.98 Å². The van der Waals surface area contributed by atoms with Gasteiger partial charge < -0.3 is 10.0 Å². The highest BCUT2D eigenvalue weighted by Crippen LogP contribution is 2.41. The summed E-state index contributed by atoms with van der Waals surface area (Å²) >= 11 is 1.37. The molecule has 7 heteroatoms. The lowest BCUT2D eigenvalue weighted by molar-refractivity contribution is 0.304. The topological polar surface area (TPSA) is 66.5 Å². The molecule has 0 bridgehead atoms. The number of hydrogen-bond acceptors (Lipinski definition) is 6. The fourth-order valence-electron chi connectivity index (χ4n) is 2.37.